The molecule has 8 heteroatoms. The summed E-state index contributed by atoms with van der Waals surface area (Å²) in [4.78, 5) is 17.9. The van der Waals surface area contributed by atoms with E-state index in [4.69, 9.17) is 28.9 Å². The first-order chi connectivity index (χ1) is 12.4. The number of halogens is 2. The molecule has 130 valence electrons. The van der Waals surface area contributed by atoms with E-state index >= 15 is 0 Å². The van der Waals surface area contributed by atoms with Crippen LogP contribution in [0.15, 0.2) is 60.9 Å². The third-order valence-corrected chi connectivity index (χ3v) is 4.09. The number of pyridine rings is 2. The lowest BCUT2D eigenvalue weighted by Gasteiger charge is -2.00. The van der Waals surface area contributed by atoms with Gasteiger partial charge in [0.1, 0.15) is 10.3 Å². The Hall–Kier alpha value is -2.96. The topological polar surface area (TPSA) is 94.9 Å². The number of nitrogens with two attached hydrogens (primary N) is 1. The molecule has 0 unspecified atom stereocenters. The molecule has 0 aliphatic carbocycles. The average molecular weight is 387 g/mol. The van der Waals surface area contributed by atoms with E-state index in [0.717, 1.165) is 16.5 Å². The molecule has 2 aromatic carbocycles. The molecule has 0 radical (unpaired) electrons. The zero-order valence-corrected chi connectivity index (χ0v) is 14.8. The first-order valence-corrected chi connectivity index (χ1v) is 8.19. The van der Waals surface area contributed by atoms with Gasteiger partial charge in [-0.15, -0.1) is 0 Å². The smallest absolute Gasteiger partial charge is 0.270 e. The highest BCUT2D eigenvalue weighted by Crippen LogP contribution is 2.27. The molecule has 0 aliphatic rings. The Morgan fingerprint density at radius 3 is 2.54 bits per heavy atom. The molecule has 4 aromatic rings. The number of non-ortho nitro benzene ring substituents is 1. The molecule has 0 fully saturated rings. The fraction of sp³-hybridized carbons (Fsp3) is 0. The van der Waals surface area contributed by atoms with Crippen molar-refractivity contribution in [1.82, 2.24) is 9.97 Å². The Labute approximate surface area is 158 Å². The number of nitro groups is 1. The normalized spacial score (nSPS) is 10.4. The van der Waals surface area contributed by atoms with Crippen molar-refractivity contribution in [1.29, 1.82) is 0 Å². The molecule has 0 spiro atoms. The summed E-state index contributed by atoms with van der Waals surface area (Å²) >= 11 is 11.5. The molecule has 2 N–H and O–H groups in total. The highest BCUT2D eigenvalue weighted by molar-refractivity contribution is 6.36. The second-order valence-corrected chi connectivity index (χ2v) is 6.13. The van der Waals surface area contributed by atoms with Gasteiger partial charge in [-0.25, -0.2) is 4.98 Å². The maximum Gasteiger partial charge on any atom is 0.270 e. The third kappa shape index (κ3) is 3.99. The van der Waals surface area contributed by atoms with E-state index in [2.05, 4.69) is 9.97 Å². The first kappa shape index (κ1) is 17.8. The van der Waals surface area contributed by atoms with Crippen molar-refractivity contribution in [2.75, 3.05) is 5.73 Å². The molecule has 0 amide bonds. The Balaban J connectivity index is 0.000000158. The Kier molecular flexibility index (Phi) is 5.16. The van der Waals surface area contributed by atoms with Crippen molar-refractivity contribution in [3.63, 3.8) is 0 Å². The molecular weight excluding hydrogens is 375 g/mol. The number of hydrogen-bond donors (Lipinski definition) is 1. The van der Waals surface area contributed by atoms with Gasteiger partial charge in [0.2, 0.25) is 0 Å². The van der Waals surface area contributed by atoms with Gasteiger partial charge in [0.25, 0.3) is 5.69 Å². The number of anilines is 1. The quantitative estimate of drug-likeness (QED) is 0.208. The third-order valence-electron chi connectivity index (χ3n) is 3.61. The molecule has 26 heavy (non-hydrogen) atoms. The minimum atomic E-state index is -0.471. The first-order valence-electron chi connectivity index (χ1n) is 7.43. The molecule has 2 aromatic heterocycles. The van der Waals surface area contributed by atoms with E-state index in [9.17, 15) is 10.1 Å². The average Bonchev–Trinajstić information content (AvgIpc) is 2.61. The SMILES string of the molecule is Nc1ccc2cnccc2c1.O=[N+]([O-])c1ccc2c(Cl)nc(Cl)cc2c1. The van der Waals surface area contributed by atoms with Crippen LogP contribution >= 0.6 is 23.2 Å². The zero-order chi connectivity index (χ0) is 18.7. The van der Waals surface area contributed by atoms with Gasteiger partial charge < -0.3 is 5.73 Å². The van der Waals surface area contributed by atoms with E-state index < -0.39 is 4.92 Å². The summed E-state index contributed by atoms with van der Waals surface area (Å²) in [7, 11) is 0. The molecular formula is C18H12Cl2N4O2. The van der Waals surface area contributed by atoms with E-state index in [-0.39, 0.29) is 16.0 Å². The Morgan fingerprint density at radius 1 is 0.962 bits per heavy atom. The van der Waals surface area contributed by atoms with E-state index in [1.807, 2.05) is 30.5 Å². The number of benzene rings is 2. The van der Waals surface area contributed by atoms with Crippen molar-refractivity contribution < 1.29 is 4.92 Å². The molecule has 0 aliphatic heterocycles. The summed E-state index contributed by atoms with van der Waals surface area (Å²) in [6.07, 6.45) is 3.59. The van der Waals surface area contributed by atoms with Gasteiger partial charge in [-0.05, 0) is 41.1 Å². The molecule has 0 atom stereocenters. The van der Waals surface area contributed by atoms with Gasteiger partial charge in [0.15, 0.2) is 0 Å². The second-order valence-electron chi connectivity index (χ2n) is 5.38. The van der Waals surface area contributed by atoms with E-state index in [1.165, 1.54) is 18.2 Å². The van der Waals surface area contributed by atoms with Crippen LogP contribution in [0.3, 0.4) is 0 Å². The minimum absolute atomic E-state index is 0.000772. The number of fused-ring (bicyclic) bond motifs is 2. The molecule has 6 nitrogen and oxygen atoms in total. The van der Waals surface area contributed by atoms with Gasteiger partial charge in [0, 0.05) is 41.0 Å². The highest BCUT2D eigenvalue weighted by atomic mass is 35.5. The summed E-state index contributed by atoms with van der Waals surface area (Å²) < 4.78 is 0. The number of rotatable bonds is 1. The van der Waals surface area contributed by atoms with Gasteiger partial charge in [0.05, 0.1) is 4.92 Å². The van der Waals surface area contributed by atoms with E-state index in [1.54, 1.807) is 12.3 Å². The van der Waals surface area contributed by atoms with Crippen molar-refractivity contribution in [2.45, 2.75) is 0 Å². The largest absolute Gasteiger partial charge is 0.399 e. The summed E-state index contributed by atoms with van der Waals surface area (Å²) in [5.74, 6) is 0. The van der Waals surface area contributed by atoms with Crippen LogP contribution in [0.25, 0.3) is 21.5 Å². The number of nitrogens with zero attached hydrogens (tertiary/aromatic N) is 3. The maximum atomic E-state index is 10.5. The standard InChI is InChI=1S/C9H4Cl2N2O2.C9H8N2/c10-8-4-5-3-6(13(14)15)1-2-7(5)9(11)12-8;10-9-2-1-8-6-11-4-3-7(8)5-9/h1-4H;1-6H,10H2. The lowest BCUT2D eigenvalue weighted by Crippen LogP contribution is -1.88. The Bertz CT molecular complexity index is 1120. The van der Waals surface area contributed by atoms with Gasteiger partial charge in [-0.3, -0.25) is 15.1 Å². The van der Waals surface area contributed by atoms with Crippen LogP contribution in [0, 0.1) is 10.1 Å². The van der Waals surface area contributed by atoms with Crippen LogP contribution in [0.1, 0.15) is 0 Å². The van der Waals surface area contributed by atoms with Gasteiger partial charge in [-0.2, -0.15) is 0 Å². The highest BCUT2D eigenvalue weighted by Gasteiger charge is 2.09. The Morgan fingerprint density at radius 2 is 1.77 bits per heavy atom. The van der Waals surface area contributed by atoms with Crippen molar-refractivity contribution in [3.8, 4) is 0 Å². The summed E-state index contributed by atoms with van der Waals surface area (Å²) in [6.45, 7) is 0. The monoisotopic (exact) mass is 386 g/mol. The zero-order valence-electron chi connectivity index (χ0n) is 13.3. The second kappa shape index (κ2) is 7.51. The van der Waals surface area contributed by atoms with E-state index in [0.29, 0.717) is 10.8 Å². The summed E-state index contributed by atoms with van der Waals surface area (Å²) in [5, 5.41) is 14.5. The van der Waals surface area contributed by atoms with Crippen LogP contribution in [-0.2, 0) is 0 Å². The van der Waals surface area contributed by atoms with Crippen molar-refractivity contribution >= 4 is 56.1 Å². The maximum absolute atomic E-state index is 10.5. The van der Waals surface area contributed by atoms with Gasteiger partial charge >= 0.3 is 0 Å². The predicted octanol–water partition coefficient (Wildman–Crippen LogP) is 5.27. The fourth-order valence-corrected chi connectivity index (χ4v) is 2.90. The van der Waals surface area contributed by atoms with Crippen LogP contribution in [0.5, 0.6) is 0 Å². The molecule has 0 bridgehead atoms. The van der Waals surface area contributed by atoms with Crippen molar-refractivity contribution in [2.24, 2.45) is 0 Å². The number of hydrogen-bond acceptors (Lipinski definition) is 5. The predicted molar refractivity (Wildman–Crippen MR) is 105 cm³/mol. The fourth-order valence-electron chi connectivity index (χ4n) is 2.39. The van der Waals surface area contributed by atoms with Crippen LogP contribution in [0.2, 0.25) is 10.3 Å². The molecule has 2 heterocycles. The number of nitrogen functional groups attached to an aromatic ring is 1. The molecule has 0 saturated carbocycles. The molecule has 4 rings (SSSR count). The lowest BCUT2D eigenvalue weighted by atomic mass is 10.1. The number of nitro benzene ring substituents is 1. The summed E-state index contributed by atoms with van der Waals surface area (Å²) in [5.41, 5.74) is 6.40. The van der Waals surface area contributed by atoms with Crippen LogP contribution in [0.4, 0.5) is 11.4 Å². The lowest BCUT2D eigenvalue weighted by molar-refractivity contribution is -0.384. The minimum Gasteiger partial charge on any atom is -0.399 e. The molecule has 0 saturated heterocycles. The van der Waals surface area contributed by atoms with Crippen LogP contribution in [-0.4, -0.2) is 14.9 Å². The van der Waals surface area contributed by atoms with Crippen molar-refractivity contribution in [3.05, 3.63) is 81.3 Å². The van der Waals surface area contributed by atoms with Gasteiger partial charge in [-0.1, -0.05) is 29.3 Å². The van der Waals surface area contributed by atoms with Crippen LogP contribution < -0.4 is 5.73 Å². The summed E-state index contributed by atoms with van der Waals surface area (Å²) in [6, 6.07) is 13.6. The number of aromatic nitrogens is 2.